The number of likely N-dealkylation sites (N-methyl/N-ethyl adjacent to an activating group) is 1. The van der Waals surface area contributed by atoms with Crippen LogP contribution < -0.4 is 5.32 Å². The molecule has 1 heterocycles. The van der Waals surface area contributed by atoms with Crippen LogP contribution in [0.4, 0.5) is 10.2 Å². The summed E-state index contributed by atoms with van der Waals surface area (Å²) >= 11 is 5.62. The minimum atomic E-state index is -0.485. The van der Waals surface area contributed by atoms with Gasteiger partial charge in [0.15, 0.2) is 11.6 Å². The molecule has 0 aromatic carbocycles. The average Bonchev–Trinajstić information content (AvgIpc) is 2.31. The fraction of sp³-hybridized carbons (Fsp3) is 0.636. The van der Waals surface area contributed by atoms with E-state index in [1.54, 1.807) is 0 Å². The van der Waals surface area contributed by atoms with Crippen LogP contribution in [0.3, 0.4) is 0 Å². The number of anilines is 1. The van der Waals surface area contributed by atoms with E-state index in [1.165, 1.54) is 0 Å². The topological polar surface area (TPSA) is 41.0 Å². The summed E-state index contributed by atoms with van der Waals surface area (Å²) in [5.41, 5.74) is 0. The molecule has 0 amide bonds. The normalized spacial score (nSPS) is 12.8. The zero-order chi connectivity index (χ0) is 12.8. The molecule has 1 atom stereocenters. The van der Waals surface area contributed by atoms with E-state index < -0.39 is 5.82 Å². The maximum Gasteiger partial charge on any atom is 0.224 e. The molecule has 0 spiro atoms. The molecule has 0 saturated carbocycles. The van der Waals surface area contributed by atoms with Crippen LogP contribution in [-0.4, -0.2) is 40.5 Å². The molecular weight excluding hydrogens is 243 g/mol. The summed E-state index contributed by atoms with van der Waals surface area (Å²) in [5, 5.41) is 3.04. The number of aromatic nitrogens is 2. The molecule has 1 aromatic rings. The molecule has 0 fully saturated rings. The smallest absolute Gasteiger partial charge is 0.224 e. The molecule has 0 aliphatic rings. The summed E-state index contributed by atoms with van der Waals surface area (Å²) in [5.74, 6) is -0.328. The lowest BCUT2D eigenvalue weighted by Crippen LogP contribution is -2.35. The molecule has 1 unspecified atom stereocenters. The van der Waals surface area contributed by atoms with Crippen LogP contribution in [0.15, 0.2) is 6.20 Å². The first-order chi connectivity index (χ1) is 8.06. The number of hydrogen-bond acceptors (Lipinski definition) is 4. The molecule has 4 nitrogen and oxygen atoms in total. The van der Waals surface area contributed by atoms with Crippen molar-refractivity contribution in [3.8, 4) is 0 Å². The van der Waals surface area contributed by atoms with Gasteiger partial charge in [0.2, 0.25) is 5.28 Å². The lowest BCUT2D eigenvalue weighted by Gasteiger charge is -2.23. The average molecular weight is 261 g/mol. The van der Waals surface area contributed by atoms with Gasteiger partial charge >= 0.3 is 0 Å². The Morgan fingerprint density at radius 2 is 2.12 bits per heavy atom. The molecule has 0 aliphatic heterocycles. The molecule has 17 heavy (non-hydrogen) atoms. The Morgan fingerprint density at radius 1 is 1.47 bits per heavy atom. The molecule has 0 bridgehead atoms. The fourth-order valence-corrected chi connectivity index (χ4v) is 1.73. The molecule has 6 heteroatoms. The van der Waals surface area contributed by atoms with Gasteiger partial charge in [0.1, 0.15) is 0 Å². The highest BCUT2D eigenvalue weighted by Crippen LogP contribution is 2.13. The second kappa shape index (κ2) is 6.71. The van der Waals surface area contributed by atoms with Crippen molar-refractivity contribution in [3.05, 3.63) is 17.3 Å². The van der Waals surface area contributed by atoms with E-state index in [0.717, 1.165) is 25.8 Å². The maximum atomic E-state index is 13.4. The Hall–Kier alpha value is -0.940. The molecule has 1 rings (SSSR count). The summed E-state index contributed by atoms with van der Waals surface area (Å²) in [6.45, 7) is 8.93. The fourth-order valence-electron chi connectivity index (χ4n) is 1.59. The van der Waals surface area contributed by atoms with Gasteiger partial charge in [-0.05, 0) is 31.6 Å². The molecule has 0 radical (unpaired) electrons. The third-order valence-electron chi connectivity index (χ3n) is 2.52. The monoisotopic (exact) mass is 260 g/mol. The van der Waals surface area contributed by atoms with E-state index in [4.69, 9.17) is 11.6 Å². The van der Waals surface area contributed by atoms with Gasteiger partial charge < -0.3 is 10.2 Å². The zero-order valence-corrected chi connectivity index (χ0v) is 11.1. The third-order valence-corrected chi connectivity index (χ3v) is 2.71. The highest BCUT2D eigenvalue weighted by Gasteiger charge is 2.11. The molecule has 1 aromatic heterocycles. The first kappa shape index (κ1) is 14.1. The quantitative estimate of drug-likeness (QED) is 0.798. The number of nitrogens with zero attached hydrogens (tertiary/aromatic N) is 3. The SMILES string of the molecule is CCN(CC)CC(C)Nc1nc(Cl)ncc1F. The van der Waals surface area contributed by atoms with Crippen molar-refractivity contribution in [3.63, 3.8) is 0 Å². The number of nitrogens with one attached hydrogen (secondary N) is 1. The zero-order valence-electron chi connectivity index (χ0n) is 10.4. The van der Waals surface area contributed by atoms with Crippen molar-refractivity contribution in [2.45, 2.75) is 26.8 Å². The summed E-state index contributed by atoms with van der Waals surface area (Å²) in [7, 11) is 0. The van der Waals surface area contributed by atoms with Crippen molar-refractivity contribution in [2.75, 3.05) is 25.0 Å². The first-order valence-electron chi connectivity index (χ1n) is 5.73. The van der Waals surface area contributed by atoms with Gasteiger partial charge in [0, 0.05) is 12.6 Å². The van der Waals surface area contributed by atoms with Crippen LogP contribution >= 0.6 is 11.6 Å². The van der Waals surface area contributed by atoms with Crippen LogP contribution in [-0.2, 0) is 0 Å². The summed E-state index contributed by atoms with van der Waals surface area (Å²) in [6, 6.07) is 0.0929. The Labute approximate surface area is 106 Å². The number of rotatable bonds is 6. The first-order valence-corrected chi connectivity index (χ1v) is 6.11. The van der Waals surface area contributed by atoms with Gasteiger partial charge in [-0.1, -0.05) is 13.8 Å². The Kier molecular flexibility index (Phi) is 5.58. The van der Waals surface area contributed by atoms with Crippen molar-refractivity contribution in [1.29, 1.82) is 0 Å². The van der Waals surface area contributed by atoms with Crippen molar-refractivity contribution in [2.24, 2.45) is 0 Å². The molecule has 0 saturated heterocycles. The highest BCUT2D eigenvalue weighted by atomic mass is 35.5. The van der Waals surface area contributed by atoms with Gasteiger partial charge in [0.05, 0.1) is 6.20 Å². The van der Waals surface area contributed by atoms with Crippen LogP contribution in [0.1, 0.15) is 20.8 Å². The van der Waals surface area contributed by atoms with Gasteiger partial charge in [0.25, 0.3) is 0 Å². The Bertz CT molecular complexity index is 357. The second-order valence-corrected chi connectivity index (χ2v) is 4.20. The predicted octanol–water partition coefficient (Wildman–Crippen LogP) is 2.41. The standard InChI is InChI=1S/C11H18ClFN4/c1-4-17(5-2)7-8(3)15-10-9(13)6-14-11(12)16-10/h6,8H,4-5,7H2,1-3H3,(H,14,15,16). The van der Waals surface area contributed by atoms with Crippen molar-refractivity contribution in [1.82, 2.24) is 14.9 Å². The number of hydrogen-bond donors (Lipinski definition) is 1. The summed E-state index contributed by atoms with van der Waals surface area (Å²) < 4.78 is 13.4. The molecular formula is C11H18ClFN4. The lowest BCUT2D eigenvalue weighted by atomic mass is 10.3. The largest absolute Gasteiger partial charge is 0.364 e. The molecule has 1 N–H and O–H groups in total. The second-order valence-electron chi connectivity index (χ2n) is 3.87. The van der Waals surface area contributed by atoms with Gasteiger partial charge in [-0.2, -0.15) is 4.98 Å². The van der Waals surface area contributed by atoms with E-state index in [-0.39, 0.29) is 17.1 Å². The number of halogens is 2. The lowest BCUT2D eigenvalue weighted by molar-refractivity contribution is 0.294. The van der Waals surface area contributed by atoms with Crippen LogP contribution in [0.25, 0.3) is 0 Å². The van der Waals surface area contributed by atoms with Gasteiger partial charge in [-0.15, -0.1) is 0 Å². The molecule has 96 valence electrons. The van der Waals surface area contributed by atoms with Crippen LogP contribution in [0.5, 0.6) is 0 Å². The van der Waals surface area contributed by atoms with E-state index >= 15 is 0 Å². The minimum absolute atomic E-state index is 0.0453. The van der Waals surface area contributed by atoms with E-state index in [9.17, 15) is 4.39 Å². The van der Waals surface area contributed by atoms with Crippen LogP contribution in [0.2, 0.25) is 5.28 Å². The third kappa shape index (κ3) is 4.44. The summed E-state index contributed by atoms with van der Waals surface area (Å²) in [6.07, 6.45) is 1.07. The van der Waals surface area contributed by atoms with E-state index in [0.29, 0.717) is 0 Å². The van der Waals surface area contributed by atoms with Gasteiger partial charge in [-0.25, -0.2) is 9.37 Å². The minimum Gasteiger partial charge on any atom is -0.364 e. The van der Waals surface area contributed by atoms with E-state index in [2.05, 4.69) is 34.0 Å². The molecule has 0 aliphatic carbocycles. The van der Waals surface area contributed by atoms with E-state index in [1.807, 2.05) is 6.92 Å². The Morgan fingerprint density at radius 3 is 2.71 bits per heavy atom. The highest BCUT2D eigenvalue weighted by molar-refractivity contribution is 6.28. The van der Waals surface area contributed by atoms with Crippen molar-refractivity contribution < 1.29 is 4.39 Å². The Balaban J connectivity index is 2.61. The maximum absolute atomic E-state index is 13.4. The predicted molar refractivity (Wildman–Crippen MR) is 67.9 cm³/mol. The summed E-state index contributed by atoms with van der Waals surface area (Å²) in [4.78, 5) is 9.64. The van der Waals surface area contributed by atoms with Crippen molar-refractivity contribution >= 4 is 17.4 Å². The van der Waals surface area contributed by atoms with Crippen LogP contribution in [0, 0.1) is 5.82 Å². The van der Waals surface area contributed by atoms with Gasteiger partial charge in [-0.3, -0.25) is 0 Å².